The number of hydrogen-bond acceptors (Lipinski definition) is 3. The number of likely N-dealkylation sites (tertiary alicyclic amines) is 1. The second-order valence-corrected chi connectivity index (χ2v) is 8.75. The van der Waals surface area contributed by atoms with Gasteiger partial charge in [0.15, 0.2) is 5.96 Å². The van der Waals surface area contributed by atoms with Crippen LogP contribution in [0.1, 0.15) is 44.6 Å². The molecule has 3 rings (SSSR count). The second-order valence-electron chi connectivity index (χ2n) is 7.84. The summed E-state index contributed by atoms with van der Waals surface area (Å²) in [6.45, 7) is 7.87. The number of aliphatic hydroxyl groups excluding tert-OH is 1. The molecular weight excluding hydrogens is 404 g/mol. The molecule has 2 fully saturated rings. The summed E-state index contributed by atoms with van der Waals surface area (Å²) in [5.74, 6) is 0.924. The summed E-state index contributed by atoms with van der Waals surface area (Å²) >= 11 is 3.59. The highest BCUT2D eigenvalue weighted by Gasteiger charge is 2.44. The lowest BCUT2D eigenvalue weighted by Gasteiger charge is -2.29. The average Bonchev–Trinajstić information content (AvgIpc) is 3.46. The van der Waals surface area contributed by atoms with E-state index in [4.69, 9.17) is 4.99 Å². The fourth-order valence-electron chi connectivity index (χ4n) is 3.73. The van der Waals surface area contributed by atoms with Crippen molar-refractivity contribution < 1.29 is 5.11 Å². The standard InChI is InChI=1S/C21H33BrN4O/c1-2-23-20(24-11-4-12-26-13-7-19(27)8-14-26)25-16-21(9-10-21)17-5-3-6-18(22)15-17/h3,5-6,15,19,27H,2,4,7-14,16H2,1H3,(H2,23,24,25). The van der Waals surface area contributed by atoms with E-state index in [1.54, 1.807) is 0 Å². The number of nitrogens with one attached hydrogen (secondary N) is 2. The molecule has 5 nitrogen and oxygen atoms in total. The third-order valence-corrected chi connectivity index (χ3v) is 6.17. The topological polar surface area (TPSA) is 59.9 Å². The molecule has 1 aromatic rings. The molecule has 1 saturated carbocycles. The zero-order valence-corrected chi connectivity index (χ0v) is 18.0. The Balaban J connectivity index is 1.45. The zero-order chi connectivity index (χ0) is 19.1. The summed E-state index contributed by atoms with van der Waals surface area (Å²) in [6, 6.07) is 8.66. The van der Waals surface area contributed by atoms with Gasteiger partial charge in [0.2, 0.25) is 0 Å². The molecule has 0 bridgehead atoms. The Labute approximate surface area is 171 Å². The zero-order valence-electron chi connectivity index (χ0n) is 16.4. The summed E-state index contributed by atoms with van der Waals surface area (Å²) in [5, 5.41) is 16.5. The van der Waals surface area contributed by atoms with Gasteiger partial charge in [0.05, 0.1) is 12.6 Å². The Bertz CT molecular complexity index is 624. The van der Waals surface area contributed by atoms with Crippen molar-refractivity contribution in [1.82, 2.24) is 15.5 Å². The molecule has 1 aliphatic heterocycles. The van der Waals surface area contributed by atoms with Crippen molar-refractivity contribution in [1.29, 1.82) is 0 Å². The van der Waals surface area contributed by atoms with Gasteiger partial charge in [0.25, 0.3) is 0 Å². The van der Waals surface area contributed by atoms with Gasteiger partial charge in [-0.2, -0.15) is 0 Å². The molecule has 2 aliphatic rings. The van der Waals surface area contributed by atoms with Crippen molar-refractivity contribution in [2.45, 2.75) is 50.5 Å². The van der Waals surface area contributed by atoms with Gasteiger partial charge >= 0.3 is 0 Å². The molecular formula is C21H33BrN4O. The maximum Gasteiger partial charge on any atom is 0.191 e. The van der Waals surface area contributed by atoms with Crippen molar-refractivity contribution in [2.75, 3.05) is 39.3 Å². The van der Waals surface area contributed by atoms with E-state index in [-0.39, 0.29) is 11.5 Å². The number of guanidine groups is 1. The quantitative estimate of drug-likeness (QED) is 0.333. The van der Waals surface area contributed by atoms with Crippen LogP contribution < -0.4 is 10.6 Å². The van der Waals surface area contributed by atoms with Crippen LogP contribution in [0.2, 0.25) is 0 Å². The number of hydrogen-bond donors (Lipinski definition) is 3. The molecule has 1 saturated heterocycles. The van der Waals surface area contributed by atoms with E-state index >= 15 is 0 Å². The molecule has 0 radical (unpaired) electrons. The Morgan fingerprint density at radius 3 is 2.74 bits per heavy atom. The van der Waals surface area contributed by atoms with Gasteiger partial charge in [-0.3, -0.25) is 4.99 Å². The summed E-state index contributed by atoms with van der Waals surface area (Å²) in [7, 11) is 0. The van der Waals surface area contributed by atoms with Crippen molar-refractivity contribution in [3.05, 3.63) is 34.3 Å². The number of aliphatic hydroxyl groups is 1. The molecule has 0 amide bonds. The Morgan fingerprint density at radius 1 is 1.30 bits per heavy atom. The highest BCUT2D eigenvalue weighted by molar-refractivity contribution is 9.10. The average molecular weight is 437 g/mol. The number of benzene rings is 1. The van der Waals surface area contributed by atoms with E-state index < -0.39 is 0 Å². The van der Waals surface area contributed by atoms with Crippen LogP contribution in [0, 0.1) is 0 Å². The lowest BCUT2D eigenvalue weighted by molar-refractivity contribution is 0.0823. The molecule has 0 atom stereocenters. The largest absolute Gasteiger partial charge is 0.393 e. The number of nitrogens with zero attached hydrogens (tertiary/aromatic N) is 2. The van der Waals surface area contributed by atoms with Crippen molar-refractivity contribution in [2.24, 2.45) is 4.99 Å². The predicted octanol–water partition coefficient (Wildman–Crippen LogP) is 2.88. The first kappa shape index (κ1) is 20.6. The maximum atomic E-state index is 9.59. The molecule has 1 heterocycles. The minimum Gasteiger partial charge on any atom is -0.393 e. The van der Waals surface area contributed by atoms with Gasteiger partial charge in [-0.15, -0.1) is 0 Å². The van der Waals surface area contributed by atoms with Crippen LogP contribution in [-0.2, 0) is 5.41 Å². The number of halogens is 1. The van der Waals surface area contributed by atoms with Crippen LogP contribution in [0.4, 0.5) is 0 Å². The van der Waals surface area contributed by atoms with E-state index in [1.165, 1.54) is 18.4 Å². The van der Waals surface area contributed by atoms with Crippen LogP contribution in [0.15, 0.2) is 33.7 Å². The molecule has 1 aromatic carbocycles. The summed E-state index contributed by atoms with van der Waals surface area (Å²) < 4.78 is 1.14. The fourth-order valence-corrected chi connectivity index (χ4v) is 4.13. The monoisotopic (exact) mass is 436 g/mol. The van der Waals surface area contributed by atoms with Crippen molar-refractivity contribution >= 4 is 21.9 Å². The molecule has 150 valence electrons. The molecule has 0 spiro atoms. The van der Waals surface area contributed by atoms with Crippen LogP contribution in [-0.4, -0.2) is 61.3 Å². The second kappa shape index (κ2) is 9.89. The summed E-state index contributed by atoms with van der Waals surface area (Å²) in [5.41, 5.74) is 1.62. The van der Waals surface area contributed by atoms with Crippen molar-refractivity contribution in [3.8, 4) is 0 Å². The smallest absolute Gasteiger partial charge is 0.191 e. The van der Waals surface area contributed by atoms with Gasteiger partial charge in [0, 0.05) is 36.1 Å². The molecule has 27 heavy (non-hydrogen) atoms. The van der Waals surface area contributed by atoms with E-state index in [1.807, 2.05) is 0 Å². The molecule has 3 N–H and O–H groups in total. The first-order valence-corrected chi connectivity index (χ1v) is 11.1. The molecule has 0 unspecified atom stereocenters. The summed E-state index contributed by atoms with van der Waals surface area (Å²) in [4.78, 5) is 7.33. The van der Waals surface area contributed by atoms with E-state index in [2.05, 4.69) is 62.7 Å². The lowest BCUT2D eigenvalue weighted by Crippen LogP contribution is -2.40. The van der Waals surface area contributed by atoms with Gasteiger partial charge < -0.3 is 20.6 Å². The third kappa shape index (κ3) is 6.19. The van der Waals surface area contributed by atoms with Crippen molar-refractivity contribution in [3.63, 3.8) is 0 Å². The lowest BCUT2D eigenvalue weighted by atomic mass is 9.96. The van der Waals surface area contributed by atoms with Crippen LogP contribution in [0.3, 0.4) is 0 Å². The van der Waals surface area contributed by atoms with Gasteiger partial charge in [-0.05, 0) is 63.3 Å². The minimum absolute atomic E-state index is 0.0909. The molecule has 1 aliphatic carbocycles. The first-order chi connectivity index (χ1) is 13.1. The third-order valence-electron chi connectivity index (χ3n) is 5.68. The van der Waals surface area contributed by atoms with Crippen LogP contribution >= 0.6 is 15.9 Å². The Morgan fingerprint density at radius 2 is 2.07 bits per heavy atom. The van der Waals surface area contributed by atoms with Gasteiger partial charge in [-0.1, -0.05) is 28.1 Å². The minimum atomic E-state index is -0.0909. The van der Waals surface area contributed by atoms with E-state index in [0.29, 0.717) is 0 Å². The van der Waals surface area contributed by atoms with Crippen LogP contribution in [0.25, 0.3) is 0 Å². The van der Waals surface area contributed by atoms with Gasteiger partial charge in [0.1, 0.15) is 0 Å². The van der Waals surface area contributed by atoms with Gasteiger partial charge in [-0.25, -0.2) is 0 Å². The molecule has 6 heteroatoms. The van der Waals surface area contributed by atoms with Crippen LogP contribution in [0.5, 0.6) is 0 Å². The Kier molecular flexibility index (Phi) is 7.56. The number of rotatable bonds is 8. The number of aliphatic imine (C=N–C) groups is 1. The first-order valence-electron chi connectivity index (χ1n) is 10.3. The number of piperidine rings is 1. The van der Waals surface area contributed by atoms with E-state index in [0.717, 1.165) is 69.0 Å². The summed E-state index contributed by atoms with van der Waals surface area (Å²) in [6.07, 6.45) is 5.26. The highest BCUT2D eigenvalue weighted by Crippen LogP contribution is 2.48. The SMILES string of the molecule is CCNC(=NCC1(c2cccc(Br)c2)CC1)NCCCN1CCC(O)CC1. The predicted molar refractivity (Wildman–Crippen MR) is 115 cm³/mol. The van der Waals surface area contributed by atoms with E-state index in [9.17, 15) is 5.11 Å². The maximum absolute atomic E-state index is 9.59. The molecule has 0 aromatic heterocycles. The Hall–Kier alpha value is -1.11. The normalized spacial score (nSPS) is 20.5. The fraction of sp³-hybridized carbons (Fsp3) is 0.667. The highest BCUT2D eigenvalue weighted by atomic mass is 79.9.